The Morgan fingerprint density at radius 1 is 0.941 bits per heavy atom. The highest BCUT2D eigenvalue weighted by molar-refractivity contribution is 7.92. The van der Waals surface area contributed by atoms with Crippen LogP contribution in [0, 0.1) is 0 Å². The van der Waals surface area contributed by atoms with E-state index in [2.05, 4.69) is 5.32 Å². The third-order valence-electron chi connectivity index (χ3n) is 5.36. The highest BCUT2D eigenvalue weighted by Crippen LogP contribution is 2.31. The number of hydrogen-bond donors (Lipinski definition) is 1. The number of rotatable bonds is 8. The molecule has 3 aromatic rings. The van der Waals surface area contributed by atoms with Crippen LogP contribution in [0.4, 0.5) is 18.9 Å². The van der Waals surface area contributed by atoms with Crippen LogP contribution in [0.2, 0.25) is 0 Å². The number of alkyl halides is 3. The van der Waals surface area contributed by atoms with Crippen molar-refractivity contribution in [3.8, 4) is 0 Å². The Morgan fingerprint density at radius 3 is 2.06 bits per heavy atom. The molecule has 0 aliphatic carbocycles. The molecular weight excluding hydrogens is 465 g/mol. The molecular formula is C25H25F3N2O3S. The minimum atomic E-state index is -4.51. The molecule has 1 amide bonds. The van der Waals surface area contributed by atoms with Gasteiger partial charge in [-0.1, -0.05) is 49.4 Å². The lowest BCUT2D eigenvalue weighted by atomic mass is 10.0. The topological polar surface area (TPSA) is 66.5 Å². The van der Waals surface area contributed by atoms with Crippen LogP contribution in [-0.2, 0) is 22.7 Å². The van der Waals surface area contributed by atoms with Crippen molar-refractivity contribution in [1.29, 1.82) is 0 Å². The number of amides is 1. The zero-order valence-corrected chi connectivity index (χ0v) is 19.5. The van der Waals surface area contributed by atoms with Crippen molar-refractivity contribution >= 4 is 21.6 Å². The number of carbonyl (C=O) groups is 1. The molecule has 1 unspecified atom stereocenters. The molecule has 0 saturated heterocycles. The predicted octanol–water partition coefficient (Wildman–Crippen LogP) is 5.21. The first-order chi connectivity index (χ1) is 15.9. The molecule has 0 aliphatic rings. The number of carbonyl (C=O) groups excluding carboxylic acids is 1. The number of nitrogens with one attached hydrogen (secondary N) is 1. The van der Waals surface area contributed by atoms with Crippen molar-refractivity contribution in [2.45, 2.75) is 25.6 Å². The van der Waals surface area contributed by atoms with Gasteiger partial charge in [0.1, 0.15) is 0 Å². The number of sulfonamides is 1. The van der Waals surface area contributed by atoms with Crippen LogP contribution in [0.3, 0.4) is 0 Å². The lowest BCUT2D eigenvalue weighted by molar-refractivity contribution is -0.137. The van der Waals surface area contributed by atoms with Crippen LogP contribution in [-0.4, -0.2) is 27.1 Å². The SMILES string of the molecule is CC(CNC(=O)c1ccc(CN(c2ccc(C(F)(F)F)cc2)S(C)(=O)=O)cc1)c1ccccc1. The second kappa shape index (κ2) is 10.3. The van der Waals surface area contributed by atoms with Gasteiger partial charge in [0.25, 0.3) is 5.91 Å². The first-order valence-corrected chi connectivity index (χ1v) is 12.4. The second-order valence-electron chi connectivity index (χ2n) is 8.03. The molecule has 0 aliphatic heterocycles. The fourth-order valence-electron chi connectivity index (χ4n) is 3.39. The summed E-state index contributed by atoms with van der Waals surface area (Å²) in [5, 5.41) is 2.89. The third kappa shape index (κ3) is 6.60. The maximum atomic E-state index is 12.8. The standard InChI is InChI=1S/C25H25F3N2O3S/c1-18(20-6-4-3-5-7-20)16-29-24(31)21-10-8-19(9-11-21)17-30(34(2,32)33)23-14-12-22(13-15-23)25(26,27)28/h3-15,18H,16-17H2,1-2H3,(H,29,31). The van der Waals surface area contributed by atoms with Crippen molar-refractivity contribution < 1.29 is 26.4 Å². The van der Waals surface area contributed by atoms with Gasteiger partial charge in [0.15, 0.2) is 0 Å². The van der Waals surface area contributed by atoms with Gasteiger partial charge in [0.05, 0.1) is 24.1 Å². The van der Waals surface area contributed by atoms with Crippen molar-refractivity contribution in [3.05, 3.63) is 101 Å². The minimum absolute atomic E-state index is 0.0862. The molecule has 0 aromatic heterocycles. The Bertz CT molecular complexity index is 1210. The summed E-state index contributed by atoms with van der Waals surface area (Å²) in [7, 11) is -3.76. The summed E-state index contributed by atoms with van der Waals surface area (Å²) in [5.41, 5.74) is 1.38. The molecule has 0 saturated carbocycles. The molecule has 3 aromatic carbocycles. The summed E-state index contributed by atoms with van der Waals surface area (Å²) >= 11 is 0. The molecule has 0 heterocycles. The third-order valence-corrected chi connectivity index (χ3v) is 6.50. The molecule has 5 nitrogen and oxygen atoms in total. The largest absolute Gasteiger partial charge is 0.416 e. The maximum absolute atomic E-state index is 12.8. The lowest BCUT2D eigenvalue weighted by Crippen LogP contribution is -2.29. The molecule has 0 bridgehead atoms. The van der Waals surface area contributed by atoms with Crippen molar-refractivity contribution in [1.82, 2.24) is 5.32 Å². The Hall–Kier alpha value is -3.33. The van der Waals surface area contributed by atoms with Gasteiger partial charge in [-0.05, 0) is 53.4 Å². The summed E-state index contributed by atoms with van der Waals surface area (Å²) in [6, 6.07) is 20.2. The number of hydrogen-bond acceptors (Lipinski definition) is 3. The van der Waals surface area contributed by atoms with Crippen molar-refractivity contribution in [2.75, 3.05) is 17.1 Å². The van der Waals surface area contributed by atoms with E-state index in [0.717, 1.165) is 40.4 Å². The number of benzene rings is 3. The fourth-order valence-corrected chi connectivity index (χ4v) is 4.28. The highest BCUT2D eigenvalue weighted by atomic mass is 32.2. The molecule has 3 rings (SSSR count). The molecule has 9 heteroatoms. The number of halogens is 3. The zero-order chi connectivity index (χ0) is 24.9. The predicted molar refractivity (Wildman–Crippen MR) is 126 cm³/mol. The average Bonchev–Trinajstić information content (AvgIpc) is 2.80. The molecule has 0 spiro atoms. The molecule has 0 fully saturated rings. The van der Waals surface area contributed by atoms with E-state index < -0.39 is 21.8 Å². The van der Waals surface area contributed by atoms with Gasteiger partial charge in [0, 0.05) is 12.1 Å². The fraction of sp³-hybridized carbons (Fsp3) is 0.240. The molecule has 1 N–H and O–H groups in total. The van der Waals surface area contributed by atoms with E-state index in [1.54, 1.807) is 24.3 Å². The first kappa shape index (κ1) is 25.3. The van der Waals surface area contributed by atoms with E-state index in [0.29, 0.717) is 17.7 Å². The summed E-state index contributed by atoms with van der Waals surface area (Å²) in [6.45, 7) is 2.39. The summed E-state index contributed by atoms with van der Waals surface area (Å²) in [4.78, 5) is 12.5. The van der Waals surface area contributed by atoms with Crippen molar-refractivity contribution in [2.24, 2.45) is 0 Å². The Morgan fingerprint density at radius 2 is 1.53 bits per heavy atom. The van der Waals surface area contributed by atoms with Gasteiger partial charge < -0.3 is 5.32 Å². The Balaban J connectivity index is 1.68. The van der Waals surface area contributed by atoms with Crippen LogP contribution in [0.5, 0.6) is 0 Å². The Kier molecular flexibility index (Phi) is 7.66. The van der Waals surface area contributed by atoms with Gasteiger partial charge in [-0.3, -0.25) is 9.10 Å². The van der Waals surface area contributed by atoms with E-state index in [9.17, 15) is 26.4 Å². The van der Waals surface area contributed by atoms with Gasteiger partial charge in [-0.15, -0.1) is 0 Å². The second-order valence-corrected chi connectivity index (χ2v) is 9.94. The van der Waals surface area contributed by atoms with Gasteiger partial charge in [-0.2, -0.15) is 13.2 Å². The summed E-state index contributed by atoms with van der Waals surface area (Å²) < 4.78 is 64.1. The van der Waals surface area contributed by atoms with Gasteiger partial charge in [-0.25, -0.2) is 8.42 Å². The van der Waals surface area contributed by atoms with Gasteiger partial charge in [0.2, 0.25) is 10.0 Å². The molecule has 34 heavy (non-hydrogen) atoms. The van der Waals surface area contributed by atoms with E-state index in [-0.39, 0.29) is 24.1 Å². The monoisotopic (exact) mass is 490 g/mol. The lowest BCUT2D eigenvalue weighted by Gasteiger charge is -2.23. The van der Waals surface area contributed by atoms with Crippen LogP contribution in [0.1, 0.15) is 39.9 Å². The molecule has 1 atom stereocenters. The van der Waals surface area contributed by atoms with Crippen LogP contribution < -0.4 is 9.62 Å². The van der Waals surface area contributed by atoms with E-state index in [4.69, 9.17) is 0 Å². The first-order valence-electron chi connectivity index (χ1n) is 10.5. The highest BCUT2D eigenvalue weighted by Gasteiger charge is 2.30. The quantitative estimate of drug-likeness (QED) is 0.472. The summed E-state index contributed by atoms with van der Waals surface area (Å²) in [6.07, 6.45) is -3.52. The van der Waals surface area contributed by atoms with Gasteiger partial charge >= 0.3 is 6.18 Å². The number of nitrogens with zero attached hydrogens (tertiary/aromatic N) is 1. The summed E-state index contributed by atoms with van der Waals surface area (Å²) in [5.74, 6) is -0.117. The van der Waals surface area contributed by atoms with Crippen LogP contribution in [0.15, 0.2) is 78.9 Å². The average molecular weight is 491 g/mol. The van der Waals surface area contributed by atoms with Crippen LogP contribution in [0.25, 0.3) is 0 Å². The normalized spacial score (nSPS) is 12.7. The van der Waals surface area contributed by atoms with E-state index in [1.807, 2.05) is 37.3 Å². The zero-order valence-electron chi connectivity index (χ0n) is 18.7. The minimum Gasteiger partial charge on any atom is -0.351 e. The number of anilines is 1. The van der Waals surface area contributed by atoms with E-state index in [1.165, 1.54) is 0 Å². The van der Waals surface area contributed by atoms with E-state index >= 15 is 0 Å². The molecule has 180 valence electrons. The van der Waals surface area contributed by atoms with Crippen molar-refractivity contribution in [3.63, 3.8) is 0 Å². The van der Waals surface area contributed by atoms with Crippen LogP contribution >= 0.6 is 0 Å². The Labute approximate surface area is 197 Å². The molecule has 0 radical (unpaired) electrons. The maximum Gasteiger partial charge on any atom is 0.416 e. The smallest absolute Gasteiger partial charge is 0.351 e.